The second-order valence-electron chi connectivity index (χ2n) is 7.12. The Morgan fingerprint density at radius 1 is 1.10 bits per heavy atom. The molecule has 0 radical (unpaired) electrons. The van der Waals surface area contributed by atoms with Crippen molar-refractivity contribution in [1.82, 2.24) is 19.3 Å². The van der Waals surface area contributed by atoms with Crippen molar-refractivity contribution in [1.29, 1.82) is 0 Å². The Kier molecular flexibility index (Phi) is 6.18. The molecule has 1 N–H and O–H groups in total. The number of amides is 1. The second-order valence-corrected chi connectivity index (χ2v) is 8.06. The third-order valence-corrected chi connectivity index (χ3v) is 5.98. The molecule has 4 aromatic rings. The molecule has 0 aliphatic rings. The molecule has 158 valence electrons. The highest BCUT2D eigenvalue weighted by atomic mass is 32.2. The van der Waals surface area contributed by atoms with Crippen LogP contribution in [0.3, 0.4) is 0 Å². The van der Waals surface area contributed by atoms with Gasteiger partial charge in [0.1, 0.15) is 5.52 Å². The van der Waals surface area contributed by atoms with Crippen LogP contribution in [0, 0.1) is 0 Å². The van der Waals surface area contributed by atoms with Crippen LogP contribution in [-0.4, -0.2) is 31.0 Å². The predicted molar refractivity (Wildman–Crippen MR) is 123 cm³/mol. The van der Waals surface area contributed by atoms with Gasteiger partial charge in [-0.1, -0.05) is 67.2 Å². The van der Waals surface area contributed by atoms with Gasteiger partial charge in [0.15, 0.2) is 10.7 Å². The Morgan fingerprint density at radius 3 is 2.61 bits per heavy atom. The van der Waals surface area contributed by atoms with Gasteiger partial charge in [-0.15, -0.1) is 0 Å². The van der Waals surface area contributed by atoms with Crippen molar-refractivity contribution in [3.05, 3.63) is 82.3 Å². The van der Waals surface area contributed by atoms with Gasteiger partial charge in [0.05, 0.1) is 18.5 Å². The topological polar surface area (TPSA) is 81.8 Å². The van der Waals surface area contributed by atoms with E-state index in [2.05, 4.69) is 22.3 Å². The molecule has 2 heterocycles. The maximum atomic E-state index is 13.2. The van der Waals surface area contributed by atoms with Crippen LogP contribution >= 0.6 is 11.8 Å². The zero-order valence-electron chi connectivity index (χ0n) is 17.4. The summed E-state index contributed by atoms with van der Waals surface area (Å²) in [5.41, 5.74) is 3.67. The van der Waals surface area contributed by atoms with Crippen LogP contribution in [-0.2, 0) is 24.8 Å². The molecule has 0 aliphatic carbocycles. The van der Waals surface area contributed by atoms with Crippen LogP contribution in [0.2, 0.25) is 0 Å². The summed E-state index contributed by atoms with van der Waals surface area (Å²) in [5.74, 6) is 0.00287. The lowest BCUT2D eigenvalue weighted by molar-refractivity contribution is -0.113. The molecule has 0 atom stereocenters. The van der Waals surface area contributed by atoms with Crippen molar-refractivity contribution < 1.29 is 4.79 Å². The quantitative estimate of drug-likeness (QED) is 0.357. The summed E-state index contributed by atoms with van der Waals surface area (Å²) < 4.78 is 3.15. The van der Waals surface area contributed by atoms with Gasteiger partial charge in [-0.05, 0) is 23.6 Å². The predicted octanol–water partition coefficient (Wildman–Crippen LogP) is 3.47. The van der Waals surface area contributed by atoms with Crippen LogP contribution in [0.4, 0.5) is 5.69 Å². The van der Waals surface area contributed by atoms with Gasteiger partial charge < -0.3 is 5.32 Å². The molecular formula is C23H23N5O2S. The van der Waals surface area contributed by atoms with Gasteiger partial charge >= 0.3 is 0 Å². The molecule has 1 amide bonds. The summed E-state index contributed by atoms with van der Waals surface area (Å²) in [4.78, 5) is 30.4. The third kappa shape index (κ3) is 4.54. The molecule has 0 aliphatic heterocycles. The molecule has 0 fully saturated rings. The molecule has 0 saturated carbocycles. The van der Waals surface area contributed by atoms with Crippen molar-refractivity contribution in [2.75, 3.05) is 11.1 Å². The van der Waals surface area contributed by atoms with E-state index in [0.717, 1.165) is 23.2 Å². The Hall–Kier alpha value is -3.39. The molecule has 31 heavy (non-hydrogen) atoms. The number of anilines is 1. The van der Waals surface area contributed by atoms with E-state index in [9.17, 15) is 9.59 Å². The molecule has 4 rings (SSSR count). The summed E-state index contributed by atoms with van der Waals surface area (Å²) in [5, 5.41) is 7.63. The molecule has 8 heteroatoms. The number of aromatic nitrogens is 4. The highest BCUT2D eigenvalue weighted by Gasteiger charge is 2.16. The number of carbonyl (C=O) groups is 1. The summed E-state index contributed by atoms with van der Waals surface area (Å²) in [7, 11) is 1.73. The lowest BCUT2D eigenvalue weighted by Crippen LogP contribution is -2.26. The maximum absolute atomic E-state index is 13.2. The lowest BCUT2D eigenvalue weighted by Gasteiger charge is -2.13. The van der Waals surface area contributed by atoms with Gasteiger partial charge in [0.25, 0.3) is 5.56 Å². The fraction of sp³-hybridized carbons (Fsp3) is 0.217. The fourth-order valence-corrected chi connectivity index (χ4v) is 4.21. The average Bonchev–Trinajstić information content (AvgIpc) is 3.16. The molecule has 2 aromatic heterocycles. The van der Waals surface area contributed by atoms with Gasteiger partial charge in [0, 0.05) is 12.7 Å². The summed E-state index contributed by atoms with van der Waals surface area (Å²) in [6.45, 7) is 2.42. The zero-order valence-corrected chi connectivity index (χ0v) is 18.2. The minimum atomic E-state index is -0.173. The first-order chi connectivity index (χ1) is 15.1. The van der Waals surface area contributed by atoms with Crippen LogP contribution in [0.5, 0.6) is 0 Å². The second kappa shape index (κ2) is 9.18. The maximum Gasteiger partial charge on any atom is 0.280 e. The van der Waals surface area contributed by atoms with E-state index >= 15 is 0 Å². The largest absolute Gasteiger partial charge is 0.325 e. The SMILES string of the molecule is CCc1ccccc1NC(=O)CSc1nc2cnn(C)c2c(=O)n1Cc1ccccc1. The van der Waals surface area contributed by atoms with Crippen molar-refractivity contribution in [2.45, 2.75) is 25.0 Å². The minimum Gasteiger partial charge on any atom is -0.325 e. The number of thioether (sulfide) groups is 1. The molecular weight excluding hydrogens is 410 g/mol. The molecule has 2 aromatic carbocycles. The van der Waals surface area contributed by atoms with Crippen molar-refractivity contribution >= 4 is 34.4 Å². The number of fused-ring (bicyclic) bond motifs is 1. The number of nitrogens with zero attached hydrogens (tertiary/aromatic N) is 4. The van der Waals surface area contributed by atoms with E-state index < -0.39 is 0 Å². The van der Waals surface area contributed by atoms with E-state index in [1.807, 2.05) is 54.6 Å². The normalized spacial score (nSPS) is 11.0. The van der Waals surface area contributed by atoms with E-state index in [1.54, 1.807) is 17.8 Å². The number of benzene rings is 2. The molecule has 0 unspecified atom stereocenters. The van der Waals surface area contributed by atoms with Crippen LogP contribution < -0.4 is 10.9 Å². The minimum absolute atomic E-state index is 0.141. The van der Waals surface area contributed by atoms with Gasteiger partial charge in [-0.25, -0.2) is 4.98 Å². The van der Waals surface area contributed by atoms with Crippen LogP contribution in [0.25, 0.3) is 11.0 Å². The summed E-state index contributed by atoms with van der Waals surface area (Å²) in [6.07, 6.45) is 2.41. The van der Waals surface area contributed by atoms with Gasteiger partial charge in [-0.3, -0.25) is 18.8 Å². The van der Waals surface area contributed by atoms with E-state index in [4.69, 9.17) is 0 Å². The van der Waals surface area contributed by atoms with Gasteiger partial charge in [0.2, 0.25) is 5.91 Å². The smallest absolute Gasteiger partial charge is 0.280 e. The first kappa shape index (κ1) is 20.9. The Bertz CT molecular complexity index is 1280. The molecule has 0 spiro atoms. The monoisotopic (exact) mass is 433 g/mol. The van der Waals surface area contributed by atoms with Crippen LogP contribution in [0.1, 0.15) is 18.1 Å². The molecule has 0 bridgehead atoms. The number of hydrogen-bond acceptors (Lipinski definition) is 5. The third-order valence-electron chi connectivity index (χ3n) is 5.00. The number of carbonyl (C=O) groups excluding carboxylic acids is 1. The Balaban J connectivity index is 1.61. The standard InChI is InChI=1S/C23H23N5O2S/c1-3-17-11-7-8-12-18(17)25-20(29)15-31-23-26-19-13-24-27(2)21(19)22(30)28(23)14-16-9-5-4-6-10-16/h4-13H,3,14-15H2,1-2H3,(H,25,29). The van der Waals surface area contributed by atoms with Gasteiger partial charge in [-0.2, -0.15) is 5.10 Å². The van der Waals surface area contributed by atoms with E-state index in [0.29, 0.717) is 22.7 Å². The average molecular weight is 434 g/mol. The Morgan fingerprint density at radius 2 is 1.84 bits per heavy atom. The highest BCUT2D eigenvalue weighted by Crippen LogP contribution is 2.20. The van der Waals surface area contributed by atoms with Crippen molar-refractivity contribution in [3.8, 4) is 0 Å². The lowest BCUT2D eigenvalue weighted by atomic mass is 10.1. The van der Waals surface area contributed by atoms with Crippen LogP contribution in [0.15, 0.2) is 70.7 Å². The summed E-state index contributed by atoms with van der Waals surface area (Å²) >= 11 is 1.25. The van der Waals surface area contributed by atoms with Crippen molar-refractivity contribution in [2.24, 2.45) is 7.05 Å². The number of para-hydroxylation sites is 1. The highest BCUT2D eigenvalue weighted by molar-refractivity contribution is 7.99. The summed E-state index contributed by atoms with van der Waals surface area (Å²) in [6, 6.07) is 17.5. The first-order valence-electron chi connectivity index (χ1n) is 10.0. The fourth-order valence-electron chi connectivity index (χ4n) is 3.42. The van der Waals surface area contributed by atoms with Crippen molar-refractivity contribution in [3.63, 3.8) is 0 Å². The number of nitrogens with one attached hydrogen (secondary N) is 1. The zero-order chi connectivity index (χ0) is 21.8. The molecule has 0 saturated heterocycles. The van der Waals surface area contributed by atoms with E-state index in [-0.39, 0.29) is 17.2 Å². The first-order valence-corrected chi connectivity index (χ1v) is 11.0. The number of aryl methyl sites for hydroxylation is 2. The number of hydrogen-bond donors (Lipinski definition) is 1. The Labute approximate surface area is 184 Å². The molecule has 7 nitrogen and oxygen atoms in total. The van der Waals surface area contributed by atoms with E-state index in [1.165, 1.54) is 16.4 Å². The number of rotatable bonds is 7.